The van der Waals surface area contributed by atoms with Crippen LogP contribution in [0, 0.1) is 5.92 Å². The summed E-state index contributed by atoms with van der Waals surface area (Å²) < 4.78 is 35.1. The first-order valence-electron chi connectivity index (χ1n) is 29.2. The first kappa shape index (κ1) is 62.9. The molecule has 2 atom stereocenters. The number of para-hydroxylation sites is 2. The lowest BCUT2D eigenvalue weighted by Crippen LogP contribution is -2.49. The SMILES string of the molecule is COc1cc2c(cc1OCCCCCOc1cc(N(C)C(=O)OCc3ccc(NC(=O)C(CCCCNC(=O)OC(C)(C)C)NC(=O)NC(=O)CCC(C)C)cc3)c(C(=O)N3CCc4ccccc43)cc1OC)N=CC1Cc3ccccc3N1C2=O. The summed E-state index contributed by atoms with van der Waals surface area (Å²) in [5, 5.41) is 10.4. The number of aliphatic imine (C=N–C) groups is 1. The summed E-state index contributed by atoms with van der Waals surface area (Å²) in [6.07, 6.45) is 5.71. The van der Waals surface area contributed by atoms with Gasteiger partial charge in [-0.25, -0.2) is 14.4 Å². The Bertz CT molecular complexity index is 3300. The van der Waals surface area contributed by atoms with Crippen LogP contribution in [0.25, 0.3) is 0 Å². The summed E-state index contributed by atoms with van der Waals surface area (Å²) in [5.41, 5.74) is 5.48. The Morgan fingerprint density at radius 2 is 1.44 bits per heavy atom. The molecule has 8 rings (SSSR count). The van der Waals surface area contributed by atoms with E-state index in [9.17, 15) is 33.6 Å². The van der Waals surface area contributed by atoms with Gasteiger partial charge < -0.3 is 49.3 Å². The fourth-order valence-electron chi connectivity index (χ4n) is 10.2. The van der Waals surface area contributed by atoms with E-state index in [1.165, 1.54) is 26.2 Å². The van der Waals surface area contributed by atoms with Crippen molar-refractivity contribution in [1.29, 1.82) is 0 Å². The number of carbonyl (C=O) groups is 7. The lowest BCUT2D eigenvalue weighted by atomic mass is 10.1. The number of fused-ring (bicyclic) bond motifs is 5. The summed E-state index contributed by atoms with van der Waals surface area (Å²) >= 11 is 0. The molecule has 8 amide bonds. The van der Waals surface area contributed by atoms with Crippen molar-refractivity contribution in [3.05, 3.63) is 125 Å². The molecule has 5 aromatic carbocycles. The lowest BCUT2D eigenvalue weighted by molar-refractivity contribution is -0.121. The quantitative estimate of drug-likeness (QED) is 0.0398. The highest BCUT2D eigenvalue weighted by molar-refractivity contribution is 6.15. The van der Waals surface area contributed by atoms with Crippen LogP contribution in [0.15, 0.2) is 102 Å². The Hall–Kier alpha value is -9.14. The number of nitrogens with one attached hydrogen (secondary N) is 4. The highest BCUT2D eigenvalue weighted by atomic mass is 16.6. The highest BCUT2D eigenvalue weighted by Crippen LogP contribution is 2.42. The van der Waals surface area contributed by atoms with Crippen molar-refractivity contribution in [2.45, 2.75) is 123 Å². The van der Waals surface area contributed by atoms with E-state index in [2.05, 4.69) is 21.3 Å². The van der Waals surface area contributed by atoms with E-state index in [0.29, 0.717) is 104 Å². The minimum absolute atomic E-state index is 0.146. The number of methoxy groups -OCH3 is 2. The van der Waals surface area contributed by atoms with Gasteiger partial charge in [0.2, 0.25) is 11.8 Å². The molecule has 86 heavy (non-hydrogen) atoms. The summed E-state index contributed by atoms with van der Waals surface area (Å²) in [6.45, 7) is 10.4. The van der Waals surface area contributed by atoms with Crippen molar-refractivity contribution in [3.63, 3.8) is 0 Å². The molecule has 5 aromatic rings. The normalized spacial score (nSPS) is 14.2. The van der Waals surface area contributed by atoms with Gasteiger partial charge in [0.25, 0.3) is 11.8 Å². The minimum Gasteiger partial charge on any atom is -0.493 e. The van der Waals surface area contributed by atoms with E-state index >= 15 is 0 Å². The van der Waals surface area contributed by atoms with Gasteiger partial charge in [0, 0.05) is 68.4 Å². The number of imide groups is 1. The fraction of sp³-hybridized carbons (Fsp3) is 0.415. The first-order valence-corrected chi connectivity index (χ1v) is 29.2. The van der Waals surface area contributed by atoms with Gasteiger partial charge in [0.1, 0.15) is 18.2 Å². The highest BCUT2D eigenvalue weighted by Gasteiger charge is 2.37. The Balaban J connectivity index is 0.878. The van der Waals surface area contributed by atoms with Crippen molar-refractivity contribution in [3.8, 4) is 23.0 Å². The number of amides is 8. The Kier molecular flexibility index (Phi) is 21.3. The van der Waals surface area contributed by atoms with Gasteiger partial charge in [-0.3, -0.25) is 39.3 Å². The molecule has 3 aliphatic heterocycles. The number of anilines is 4. The maximum atomic E-state index is 14.6. The van der Waals surface area contributed by atoms with E-state index in [1.54, 1.807) is 79.1 Å². The van der Waals surface area contributed by atoms with Crippen LogP contribution in [0.5, 0.6) is 23.0 Å². The number of alkyl carbamates (subject to hydrolysis) is 1. The van der Waals surface area contributed by atoms with Crippen LogP contribution < -0.4 is 54.9 Å². The minimum atomic E-state index is -1.04. The monoisotopic (exact) mass is 1180 g/mol. The summed E-state index contributed by atoms with van der Waals surface area (Å²) in [4.78, 5) is 103. The van der Waals surface area contributed by atoms with Crippen molar-refractivity contribution >= 4 is 76.5 Å². The fourth-order valence-corrected chi connectivity index (χ4v) is 10.2. The van der Waals surface area contributed by atoms with E-state index in [0.717, 1.165) is 28.9 Å². The van der Waals surface area contributed by atoms with Crippen LogP contribution in [-0.2, 0) is 38.5 Å². The zero-order chi connectivity index (χ0) is 61.5. The Labute approximate surface area is 502 Å². The number of hydrogen-bond donors (Lipinski definition) is 4. The number of nitrogens with zero attached hydrogens (tertiary/aromatic N) is 4. The molecule has 0 saturated carbocycles. The zero-order valence-electron chi connectivity index (χ0n) is 50.2. The van der Waals surface area contributed by atoms with Crippen LogP contribution in [-0.4, -0.2) is 113 Å². The second-order valence-electron chi connectivity index (χ2n) is 22.7. The third-order valence-corrected chi connectivity index (χ3v) is 14.7. The number of benzene rings is 5. The second-order valence-corrected chi connectivity index (χ2v) is 22.7. The number of rotatable bonds is 25. The largest absolute Gasteiger partial charge is 0.493 e. The molecule has 0 aliphatic carbocycles. The average Bonchev–Trinajstić information content (AvgIpc) is 1.83. The molecule has 0 spiro atoms. The van der Waals surface area contributed by atoms with Crippen LogP contribution in [0.4, 0.5) is 42.8 Å². The molecule has 4 N–H and O–H groups in total. The lowest BCUT2D eigenvalue weighted by Gasteiger charge is -2.25. The van der Waals surface area contributed by atoms with Gasteiger partial charge in [-0.05, 0) is 131 Å². The van der Waals surface area contributed by atoms with Crippen LogP contribution in [0.1, 0.15) is 123 Å². The molecule has 3 heterocycles. The zero-order valence-corrected chi connectivity index (χ0v) is 50.2. The van der Waals surface area contributed by atoms with Crippen molar-refractivity contribution in [1.82, 2.24) is 16.0 Å². The first-order chi connectivity index (χ1) is 41.3. The molecular formula is C65H78N8O13. The Morgan fingerprint density at radius 3 is 2.14 bits per heavy atom. The third-order valence-electron chi connectivity index (χ3n) is 14.7. The van der Waals surface area contributed by atoms with Crippen LogP contribution in [0.2, 0.25) is 0 Å². The molecule has 0 bridgehead atoms. The van der Waals surface area contributed by atoms with Gasteiger partial charge in [-0.15, -0.1) is 0 Å². The van der Waals surface area contributed by atoms with Crippen molar-refractivity contribution in [2.75, 3.05) is 67.6 Å². The van der Waals surface area contributed by atoms with Gasteiger partial charge in [-0.2, -0.15) is 0 Å². The Morgan fingerprint density at radius 1 is 0.767 bits per heavy atom. The molecular weight excluding hydrogens is 1100 g/mol. The van der Waals surface area contributed by atoms with Crippen molar-refractivity contribution < 1.29 is 62.0 Å². The van der Waals surface area contributed by atoms with Crippen LogP contribution >= 0.6 is 0 Å². The molecule has 21 heteroatoms. The molecule has 0 aromatic heterocycles. The second kappa shape index (κ2) is 29.1. The van der Waals surface area contributed by atoms with Gasteiger partial charge in [-0.1, -0.05) is 62.4 Å². The van der Waals surface area contributed by atoms with Gasteiger partial charge in [0.05, 0.1) is 56.0 Å². The average molecular weight is 1180 g/mol. The number of ether oxygens (including phenoxy) is 6. The smallest absolute Gasteiger partial charge is 0.414 e. The standard InChI is InChI=1S/C65H78N8O13/c1-41(2)23-28-58(74)70-62(78)69-49(20-14-15-30-66-63(79)86-65(3,4)5)59(75)68-45-26-24-42(25-27-45)40-85-64(80)71(6)53-38-57(55(82-8)36-48(53)60(76)72-31-29-43-18-10-12-21-51(43)72)84-33-17-9-16-32-83-56-37-50-47(35-54(56)81-7)61(77)73-46(39-67-50)34-44-19-11-13-22-52(44)73/h10-13,18-19,21-22,24-27,35-39,41,46,49H,9,14-17,20,23,28-34,40H2,1-8H3,(H,66,79)(H,68,75)(H2,69,70,74,78). The van der Waals surface area contributed by atoms with Gasteiger partial charge in [0.15, 0.2) is 23.0 Å². The number of hydrogen-bond acceptors (Lipinski definition) is 14. The van der Waals surface area contributed by atoms with E-state index in [4.69, 9.17) is 33.4 Å². The summed E-state index contributed by atoms with van der Waals surface area (Å²) in [6, 6.07) is 26.8. The van der Waals surface area contributed by atoms with E-state index < -0.39 is 41.7 Å². The van der Waals surface area contributed by atoms with E-state index in [-0.39, 0.29) is 67.6 Å². The molecule has 2 unspecified atom stereocenters. The summed E-state index contributed by atoms with van der Waals surface area (Å²) in [7, 11) is 4.53. The third kappa shape index (κ3) is 16.4. The van der Waals surface area contributed by atoms with Crippen LogP contribution in [0.3, 0.4) is 0 Å². The van der Waals surface area contributed by atoms with Crippen molar-refractivity contribution in [2.24, 2.45) is 10.9 Å². The molecule has 0 fully saturated rings. The molecule has 0 radical (unpaired) electrons. The summed E-state index contributed by atoms with van der Waals surface area (Å²) in [5.74, 6) is 0.298. The molecule has 21 nitrogen and oxygen atoms in total. The number of urea groups is 1. The predicted octanol–water partition coefficient (Wildman–Crippen LogP) is 10.9. The molecule has 456 valence electrons. The topological polar surface area (TPSA) is 245 Å². The number of carbonyl (C=O) groups excluding carboxylic acids is 7. The maximum Gasteiger partial charge on any atom is 0.414 e. The predicted molar refractivity (Wildman–Crippen MR) is 328 cm³/mol. The molecule has 0 saturated heterocycles. The van der Waals surface area contributed by atoms with Gasteiger partial charge >= 0.3 is 18.2 Å². The van der Waals surface area contributed by atoms with E-state index in [1.807, 2.05) is 68.6 Å². The maximum absolute atomic E-state index is 14.6. The number of unbranched alkanes of at least 4 members (excludes halogenated alkanes) is 3. The molecule has 3 aliphatic rings.